The van der Waals surface area contributed by atoms with E-state index in [1.807, 2.05) is 12.1 Å². The van der Waals surface area contributed by atoms with Gasteiger partial charge in [-0.1, -0.05) is 38.0 Å². The fourth-order valence-corrected chi connectivity index (χ4v) is 3.91. The molecule has 0 spiro atoms. The number of hydrogen-bond donors (Lipinski definition) is 0. The monoisotopic (exact) mass is 258 g/mol. The molecular formula is C16H18OS. The molecule has 1 aromatic carbocycles. The molecule has 18 heavy (non-hydrogen) atoms. The second kappa shape index (κ2) is 4.85. The van der Waals surface area contributed by atoms with Crippen molar-refractivity contribution in [3.8, 4) is 0 Å². The summed E-state index contributed by atoms with van der Waals surface area (Å²) in [4.78, 5) is 13.4. The van der Waals surface area contributed by atoms with Crippen LogP contribution in [0.4, 0.5) is 0 Å². The first-order chi connectivity index (χ1) is 8.74. The zero-order valence-corrected chi connectivity index (χ0v) is 11.5. The van der Waals surface area contributed by atoms with Gasteiger partial charge in [0.05, 0.1) is 4.88 Å². The maximum Gasteiger partial charge on any atom is 0.175 e. The topological polar surface area (TPSA) is 17.1 Å². The number of hydrogen-bond acceptors (Lipinski definition) is 2. The Labute approximate surface area is 112 Å². The summed E-state index contributed by atoms with van der Waals surface area (Å²) in [6, 6.07) is 10.3. The number of fused-ring (bicyclic) bond motifs is 1. The number of Topliss-reactive ketones (excluding diaryl/α,β-unsaturated/α-hetero) is 1. The van der Waals surface area contributed by atoms with Gasteiger partial charge in [0.15, 0.2) is 5.78 Å². The minimum absolute atomic E-state index is 0.272. The fraction of sp³-hybridized carbons (Fsp3) is 0.438. The van der Waals surface area contributed by atoms with Gasteiger partial charge < -0.3 is 0 Å². The van der Waals surface area contributed by atoms with Crippen molar-refractivity contribution in [3.05, 3.63) is 35.2 Å². The van der Waals surface area contributed by atoms with Crippen molar-refractivity contribution >= 4 is 27.2 Å². The SMILES string of the molecule is CC1CCC(C(=O)c2cc3ccccc3s2)CC1. The van der Waals surface area contributed by atoms with E-state index in [4.69, 9.17) is 0 Å². The van der Waals surface area contributed by atoms with Crippen molar-refractivity contribution in [2.45, 2.75) is 32.6 Å². The van der Waals surface area contributed by atoms with Crippen molar-refractivity contribution in [2.24, 2.45) is 11.8 Å². The molecule has 0 bridgehead atoms. The van der Waals surface area contributed by atoms with Crippen LogP contribution in [-0.4, -0.2) is 5.78 Å². The Bertz CT molecular complexity index is 528. The summed E-state index contributed by atoms with van der Waals surface area (Å²) in [5, 5.41) is 1.20. The molecule has 1 saturated carbocycles. The summed E-state index contributed by atoms with van der Waals surface area (Å²) in [6.45, 7) is 2.29. The van der Waals surface area contributed by atoms with Crippen LogP contribution in [0.5, 0.6) is 0 Å². The molecule has 0 N–H and O–H groups in total. The molecule has 1 aromatic heterocycles. The lowest BCUT2D eigenvalue weighted by atomic mass is 9.80. The lowest BCUT2D eigenvalue weighted by Crippen LogP contribution is -2.20. The zero-order valence-electron chi connectivity index (χ0n) is 10.7. The molecule has 2 heteroatoms. The van der Waals surface area contributed by atoms with Gasteiger partial charge in [0, 0.05) is 10.6 Å². The first-order valence-corrected chi connectivity index (χ1v) is 7.58. The predicted octanol–water partition coefficient (Wildman–Crippen LogP) is 4.91. The van der Waals surface area contributed by atoms with E-state index < -0.39 is 0 Å². The van der Waals surface area contributed by atoms with Crippen molar-refractivity contribution in [3.63, 3.8) is 0 Å². The number of ketones is 1. The van der Waals surface area contributed by atoms with Crippen LogP contribution in [0.1, 0.15) is 42.3 Å². The van der Waals surface area contributed by atoms with Gasteiger partial charge in [-0.05, 0) is 36.3 Å². The first-order valence-electron chi connectivity index (χ1n) is 6.77. The summed E-state index contributed by atoms with van der Waals surface area (Å²) in [6.07, 6.45) is 4.57. The first kappa shape index (κ1) is 11.9. The molecule has 94 valence electrons. The van der Waals surface area contributed by atoms with Crippen molar-refractivity contribution in [1.82, 2.24) is 0 Å². The predicted molar refractivity (Wildman–Crippen MR) is 77.3 cm³/mol. The van der Waals surface area contributed by atoms with Crippen LogP contribution in [-0.2, 0) is 0 Å². The Balaban J connectivity index is 1.83. The third-order valence-electron chi connectivity index (χ3n) is 4.06. The van der Waals surface area contributed by atoms with E-state index >= 15 is 0 Å². The van der Waals surface area contributed by atoms with E-state index in [1.54, 1.807) is 11.3 Å². The van der Waals surface area contributed by atoms with Gasteiger partial charge in [0.25, 0.3) is 0 Å². The van der Waals surface area contributed by atoms with Gasteiger partial charge in [-0.2, -0.15) is 0 Å². The lowest BCUT2D eigenvalue weighted by molar-refractivity contribution is 0.0880. The molecular weight excluding hydrogens is 240 g/mol. The van der Waals surface area contributed by atoms with E-state index in [2.05, 4.69) is 25.1 Å². The molecule has 0 atom stereocenters. The van der Waals surface area contributed by atoms with Crippen LogP contribution in [0, 0.1) is 11.8 Å². The summed E-state index contributed by atoms with van der Waals surface area (Å²) in [5.41, 5.74) is 0. The fourth-order valence-electron chi connectivity index (χ4n) is 2.83. The van der Waals surface area contributed by atoms with Gasteiger partial charge in [-0.25, -0.2) is 0 Å². The summed E-state index contributed by atoms with van der Waals surface area (Å²) >= 11 is 1.65. The molecule has 1 nitrogen and oxygen atoms in total. The molecule has 0 saturated heterocycles. The molecule has 1 aliphatic rings. The standard InChI is InChI=1S/C16H18OS/c1-11-6-8-12(9-7-11)16(17)15-10-13-4-2-3-5-14(13)18-15/h2-5,10-12H,6-9H2,1H3. The molecule has 0 unspecified atom stereocenters. The number of carbonyl (C=O) groups excluding carboxylic acids is 1. The van der Waals surface area contributed by atoms with Gasteiger partial charge in [-0.3, -0.25) is 4.79 Å². The molecule has 1 heterocycles. The van der Waals surface area contributed by atoms with E-state index in [9.17, 15) is 4.79 Å². The third-order valence-corrected chi connectivity index (χ3v) is 5.19. The highest BCUT2D eigenvalue weighted by molar-refractivity contribution is 7.20. The van der Waals surface area contributed by atoms with Crippen LogP contribution in [0.3, 0.4) is 0 Å². The highest BCUT2D eigenvalue weighted by Crippen LogP contribution is 2.34. The van der Waals surface area contributed by atoms with Crippen LogP contribution >= 0.6 is 11.3 Å². The second-order valence-corrected chi connectivity index (χ2v) is 6.55. The number of carbonyl (C=O) groups is 1. The average molecular weight is 258 g/mol. The van der Waals surface area contributed by atoms with Gasteiger partial charge >= 0.3 is 0 Å². The molecule has 3 rings (SSSR count). The van der Waals surface area contributed by atoms with Crippen LogP contribution in [0.25, 0.3) is 10.1 Å². The molecule has 0 amide bonds. The maximum absolute atomic E-state index is 12.5. The number of rotatable bonds is 2. The van der Waals surface area contributed by atoms with E-state index in [1.165, 1.54) is 22.9 Å². The Morgan fingerprint density at radius 3 is 2.61 bits per heavy atom. The van der Waals surface area contributed by atoms with E-state index in [0.717, 1.165) is 23.6 Å². The maximum atomic E-state index is 12.5. The van der Waals surface area contributed by atoms with Crippen molar-refractivity contribution in [2.75, 3.05) is 0 Å². The molecule has 0 radical (unpaired) electrons. The zero-order chi connectivity index (χ0) is 12.5. The van der Waals surface area contributed by atoms with Crippen LogP contribution in [0.15, 0.2) is 30.3 Å². The normalized spacial score (nSPS) is 24.3. The van der Waals surface area contributed by atoms with Crippen molar-refractivity contribution < 1.29 is 4.79 Å². The molecule has 0 aliphatic heterocycles. The van der Waals surface area contributed by atoms with Crippen molar-refractivity contribution in [1.29, 1.82) is 0 Å². The van der Waals surface area contributed by atoms with Crippen LogP contribution < -0.4 is 0 Å². The lowest BCUT2D eigenvalue weighted by Gasteiger charge is -2.24. The minimum Gasteiger partial charge on any atom is -0.293 e. The Kier molecular flexibility index (Phi) is 3.21. The summed E-state index contributed by atoms with van der Waals surface area (Å²) < 4.78 is 1.23. The Hall–Kier alpha value is -1.15. The smallest absolute Gasteiger partial charge is 0.175 e. The van der Waals surface area contributed by atoms with Gasteiger partial charge in [-0.15, -0.1) is 11.3 Å². The third kappa shape index (κ3) is 2.22. The molecule has 1 fully saturated rings. The highest BCUT2D eigenvalue weighted by Gasteiger charge is 2.26. The van der Waals surface area contributed by atoms with E-state index in [-0.39, 0.29) is 5.92 Å². The Morgan fingerprint density at radius 2 is 1.89 bits per heavy atom. The largest absolute Gasteiger partial charge is 0.293 e. The molecule has 1 aliphatic carbocycles. The van der Waals surface area contributed by atoms with Gasteiger partial charge in [0.2, 0.25) is 0 Å². The van der Waals surface area contributed by atoms with E-state index in [0.29, 0.717) is 5.78 Å². The number of thiophene rings is 1. The summed E-state index contributed by atoms with van der Waals surface area (Å²) in [7, 11) is 0. The van der Waals surface area contributed by atoms with Gasteiger partial charge in [0.1, 0.15) is 0 Å². The Morgan fingerprint density at radius 1 is 1.17 bits per heavy atom. The second-order valence-electron chi connectivity index (χ2n) is 5.47. The summed E-state index contributed by atoms with van der Waals surface area (Å²) in [5.74, 6) is 1.45. The minimum atomic E-state index is 0.272. The molecule has 2 aromatic rings. The highest BCUT2D eigenvalue weighted by atomic mass is 32.1. The number of benzene rings is 1. The van der Waals surface area contributed by atoms with Crippen LogP contribution in [0.2, 0.25) is 0 Å². The quantitative estimate of drug-likeness (QED) is 0.699. The average Bonchev–Trinajstić information content (AvgIpc) is 2.82.